The van der Waals surface area contributed by atoms with Crippen molar-refractivity contribution >= 4 is 11.6 Å². The molecule has 0 aromatic carbocycles. The molecule has 0 amide bonds. The average Bonchev–Trinajstić information content (AvgIpc) is 2.80. The second-order valence-electron chi connectivity index (χ2n) is 3.67. The molecule has 0 saturated heterocycles. The Hall–Kier alpha value is -2.15. The molecule has 7 nitrogen and oxygen atoms in total. The van der Waals surface area contributed by atoms with Gasteiger partial charge in [-0.15, -0.1) is 10.2 Å². The highest BCUT2D eigenvalue weighted by atomic mass is 16.5. The summed E-state index contributed by atoms with van der Waals surface area (Å²) in [5.41, 5.74) is 6.50. The van der Waals surface area contributed by atoms with E-state index < -0.39 is 0 Å². The van der Waals surface area contributed by atoms with Crippen molar-refractivity contribution in [1.82, 2.24) is 19.9 Å². The van der Waals surface area contributed by atoms with E-state index >= 15 is 0 Å². The Labute approximate surface area is 105 Å². The van der Waals surface area contributed by atoms with Crippen molar-refractivity contribution < 1.29 is 4.74 Å². The zero-order valence-electron chi connectivity index (χ0n) is 10.2. The van der Waals surface area contributed by atoms with Gasteiger partial charge in [0.05, 0.1) is 6.61 Å². The van der Waals surface area contributed by atoms with Gasteiger partial charge in [-0.1, -0.05) is 6.07 Å². The first-order valence-corrected chi connectivity index (χ1v) is 5.62. The van der Waals surface area contributed by atoms with E-state index in [1.165, 1.54) is 0 Å². The summed E-state index contributed by atoms with van der Waals surface area (Å²) in [6, 6.07) is 5.72. The molecule has 0 unspecified atom stereocenters. The number of nitrogens with two attached hydrogens (primary N) is 1. The fraction of sp³-hybridized carbons (Fsp3) is 0.364. The summed E-state index contributed by atoms with van der Waals surface area (Å²) < 4.78 is 6.78. The van der Waals surface area contributed by atoms with Crippen LogP contribution in [-0.4, -0.2) is 40.8 Å². The molecule has 2 aromatic heterocycles. The van der Waals surface area contributed by atoms with E-state index in [0.29, 0.717) is 25.7 Å². The van der Waals surface area contributed by atoms with Gasteiger partial charge in [-0.3, -0.25) is 4.40 Å². The van der Waals surface area contributed by atoms with Crippen molar-refractivity contribution in [2.75, 3.05) is 20.3 Å². The van der Waals surface area contributed by atoms with Gasteiger partial charge < -0.3 is 15.8 Å². The lowest BCUT2D eigenvalue weighted by Crippen LogP contribution is -2.34. The third-order valence-electron chi connectivity index (χ3n) is 2.39. The molecule has 2 heterocycles. The SMILES string of the molecule is COCCNC(N)=NCc1nnc2ccccn12. The second kappa shape index (κ2) is 5.97. The molecule has 0 bridgehead atoms. The van der Waals surface area contributed by atoms with E-state index in [-0.39, 0.29) is 0 Å². The lowest BCUT2D eigenvalue weighted by atomic mass is 10.4. The molecule has 96 valence electrons. The Balaban J connectivity index is 1.99. The number of methoxy groups -OCH3 is 1. The van der Waals surface area contributed by atoms with Crippen LogP contribution in [0.5, 0.6) is 0 Å². The lowest BCUT2D eigenvalue weighted by molar-refractivity contribution is 0.204. The summed E-state index contributed by atoms with van der Waals surface area (Å²) in [7, 11) is 1.64. The van der Waals surface area contributed by atoms with Gasteiger partial charge in [-0.2, -0.15) is 0 Å². The van der Waals surface area contributed by atoms with Crippen molar-refractivity contribution in [1.29, 1.82) is 0 Å². The topological polar surface area (TPSA) is 89.8 Å². The van der Waals surface area contributed by atoms with Crippen LogP contribution in [0.4, 0.5) is 0 Å². The molecule has 0 fully saturated rings. The Bertz CT molecular complexity index is 535. The normalized spacial score (nSPS) is 11.9. The maximum atomic E-state index is 5.70. The number of ether oxygens (including phenoxy) is 1. The highest BCUT2D eigenvalue weighted by molar-refractivity contribution is 5.77. The first kappa shape index (κ1) is 12.3. The van der Waals surface area contributed by atoms with Crippen molar-refractivity contribution in [2.24, 2.45) is 10.7 Å². The maximum Gasteiger partial charge on any atom is 0.189 e. The molecule has 0 radical (unpaired) electrons. The lowest BCUT2D eigenvalue weighted by Gasteiger charge is -2.03. The molecular weight excluding hydrogens is 232 g/mol. The van der Waals surface area contributed by atoms with Gasteiger partial charge in [-0.25, -0.2) is 4.99 Å². The molecule has 2 rings (SSSR count). The number of guanidine groups is 1. The summed E-state index contributed by atoms with van der Waals surface area (Å²) >= 11 is 0. The summed E-state index contributed by atoms with van der Waals surface area (Å²) in [4.78, 5) is 4.19. The number of rotatable bonds is 5. The Morgan fingerprint density at radius 1 is 1.50 bits per heavy atom. The van der Waals surface area contributed by atoms with Gasteiger partial charge in [-0.05, 0) is 12.1 Å². The predicted octanol–water partition coefficient (Wildman–Crippen LogP) is -0.220. The minimum Gasteiger partial charge on any atom is -0.383 e. The van der Waals surface area contributed by atoms with Crippen LogP contribution in [0.2, 0.25) is 0 Å². The van der Waals surface area contributed by atoms with Gasteiger partial charge in [0.1, 0.15) is 6.54 Å². The summed E-state index contributed by atoms with van der Waals surface area (Å²) in [5.74, 6) is 1.13. The van der Waals surface area contributed by atoms with Gasteiger partial charge in [0.25, 0.3) is 0 Å². The van der Waals surface area contributed by atoms with E-state index in [4.69, 9.17) is 10.5 Å². The van der Waals surface area contributed by atoms with Crippen molar-refractivity contribution in [3.05, 3.63) is 30.2 Å². The molecule has 18 heavy (non-hydrogen) atoms. The van der Waals surface area contributed by atoms with Gasteiger partial charge in [0.2, 0.25) is 0 Å². The monoisotopic (exact) mass is 248 g/mol. The molecule has 0 aliphatic carbocycles. The van der Waals surface area contributed by atoms with E-state index in [1.54, 1.807) is 7.11 Å². The number of hydrogen-bond donors (Lipinski definition) is 2. The zero-order chi connectivity index (χ0) is 12.8. The molecule has 2 aromatic rings. The number of aliphatic imine (C=N–C) groups is 1. The van der Waals surface area contributed by atoms with Crippen LogP contribution in [0.3, 0.4) is 0 Å². The standard InChI is InChI=1S/C11H16N6O/c1-18-7-5-13-11(12)14-8-10-16-15-9-4-2-3-6-17(9)10/h2-4,6H,5,7-8H2,1H3,(H3,12,13,14). The van der Waals surface area contributed by atoms with Gasteiger partial charge >= 0.3 is 0 Å². The molecule has 0 atom stereocenters. The Kier molecular flexibility index (Phi) is 4.08. The summed E-state index contributed by atoms with van der Waals surface area (Å²) in [6.45, 7) is 1.60. The average molecular weight is 248 g/mol. The second-order valence-corrected chi connectivity index (χ2v) is 3.67. The number of aromatic nitrogens is 3. The highest BCUT2D eigenvalue weighted by Crippen LogP contribution is 2.03. The molecule has 3 N–H and O–H groups in total. The van der Waals surface area contributed by atoms with Crippen LogP contribution in [0.25, 0.3) is 5.65 Å². The van der Waals surface area contributed by atoms with Crippen LogP contribution in [0.1, 0.15) is 5.82 Å². The van der Waals surface area contributed by atoms with Crippen LogP contribution < -0.4 is 11.1 Å². The fourth-order valence-electron chi connectivity index (χ4n) is 1.49. The number of fused-ring (bicyclic) bond motifs is 1. The van der Waals surface area contributed by atoms with Crippen LogP contribution in [0.15, 0.2) is 29.4 Å². The van der Waals surface area contributed by atoms with E-state index in [1.807, 2.05) is 28.8 Å². The number of nitrogens with zero attached hydrogens (tertiary/aromatic N) is 4. The number of hydrogen-bond acceptors (Lipinski definition) is 4. The molecular formula is C11H16N6O. The van der Waals surface area contributed by atoms with Crippen LogP contribution in [0, 0.1) is 0 Å². The molecule has 0 aliphatic heterocycles. The minimum atomic E-state index is 0.375. The van der Waals surface area contributed by atoms with Crippen molar-refractivity contribution in [3.8, 4) is 0 Å². The summed E-state index contributed by atoms with van der Waals surface area (Å²) in [5, 5.41) is 11.0. The van der Waals surface area contributed by atoms with Crippen molar-refractivity contribution in [2.45, 2.75) is 6.54 Å². The van der Waals surface area contributed by atoms with E-state index in [9.17, 15) is 0 Å². The molecule has 7 heteroatoms. The predicted molar refractivity (Wildman–Crippen MR) is 68.2 cm³/mol. The zero-order valence-corrected chi connectivity index (χ0v) is 10.2. The highest BCUT2D eigenvalue weighted by Gasteiger charge is 2.03. The largest absolute Gasteiger partial charge is 0.383 e. The third-order valence-corrected chi connectivity index (χ3v) is 2.39. The third kappa shape index (κ3) is 2.95. The smallest absolute Gasteiger partial charge is 0.189 e. The molecule has 0 spiro atoms. The van der Waals surface area contributed by atoms with Gasteiger partial charge in [0.15, 0.2) is 17.4 Å². The first-order chi connectivity index (χ1) is 8.81. The maximum absolute atomic E-state index is 5.70. The summed E-state index contributed by atoms with van der Waals surface area (Å²) in [6.07, 6.45) is 1.90. The fourth-order valence-corrected chi connectivity index (χ4v) is 1.49. The minimum absolute atomic E-state index is 0.375. The van der Waals surface area contributed by atoms with Crippen LogP contribution >= 0.6 is 0 Å². The number of pyridine rings is 1. The quantitative estimate of drug-likeness (QED) is 0.434. The van der Waals surface area contributed by atoms with E-state index in [2.05, 4.69) is 20.5 Å². The van der Waals surface area contributed by atoms with E-state index in [0.717, 1.165) is 11.5 Å². The van der Waals surface area contributed by atoms with Crippen LogP contribution in [-0.2, 0) is 11.3 Å². The van der Waals surface area contributed by atoms with Gasteiger partial charge in [0, 0.05) is 19.9 Å². The molecule has 0 saturated carbocycles. The van der Waals surface area contributed by atoms with Crippen molar-refractivity contribution in [3.63, 3.8) is 0 Å². The Morgan fingerprint density at radius 2 is 2.39 bits per heavy atom. The Morgan fingerprint density at radius 3 is 3.22 bits per heavy atom. The number of nitrogens with one attached hydrogen (secondary N) is 1. The first-order valence-electron chi connectivity index (χ1n) is 5.62. The molecule has 0 aliphatic rings.